The summed E-state index contributed by atoms with van der Waals surface area (Å²) >= 11 is 9.46. The molecule has 0 bridgehead atoms. The summed E-state index contributed by atoms with van der Waals surface area (Å²) in [4.78, 5) is 0. The summed E-state index contributed by atoms with van der Waals surface area (Å²) in [5.74, 6) is -0.297. The van der Waals surface area contributed by atoms with E-state index in [9.17, 15) is 4.39 Å². The molecule has 3 heteroatoms. The highest BCUT2D eigenvalue weighted by Gasteiger charge is 2.12. The highest BCUT2D eigenvalue weighted by molar-refractivity contribution is 9.10. The highest BCUT2D eigenvalue weighted by Crippen LogP contribution is 2.35. The fourth-order valence-electron chi connectivity index (χ4n) is 1.63. The summed E-state index contributed by atoms with van der Waals surface area (Å²) in [6.07, 6.45) is 0. The minimum Gasteiger partial charge on any atom is -0.206 e. The fraction of sp³-hybridized carbons (Fsp3) is 0.0769. The molecule has 0 aliphatic rings. The van der Waals surface area contributed by atoms with Crippen molar-refractivity contribution in [2.75, 3.05) is 0 Å². The molecule has 0 spiro atoms. The maximum atomic E-state index is 13.7. The molecule has 16 heavy (non-hydrogen) atoms. The van der Waals surface area contributed by atoms with Gasteiger partial charge in [-0.2, -0.15) is 0 Å². The van der Waals surface area contributed by atoms with E-state index in [1.807, 2.05) is 25.1 Å². The molecular formula is C13H9BrClF. The number of benzene rings is 2. The van der Waals surface area contributed by atoms with Crippen LogP contribution < -0.4 is 0 Å². The van der Waals surface area contributed by atoms with E-state index in [4.69, 9.17) is 11.6 Å². The molecule has 0 unspecified atom stereocenters. The maximum absolute atomic E-state index is 13.7. The average Bonchev–Trinajstić information content (AvgIpc) is 2.24. The lowest BCUT2D eigenvalue weighted by atomic mass is 10.0. The van der Waals surface area contributed by atoms with E-state index in [-0.39, 0.29) is 5.82 Å². The Morgan fingerprint density at radius 1 is 1.12 bits per heavy atom. The van der Waals surface area contributed by atoms with E-state index in [2.05, 4.69) is 15.9 Å². The zero-order chi connectivity index (χ0) is 11.7. The largest absolute Gasteiger partial charge is 0.206 e. The molecule has 2 aromatic carbocycles. The standard InChI is InChI=1S/C13H9BrClF/c1-8-9(4-2-5-10(8)14)13-11(15)6-3-7-12(13)16/h2-7H,1H3. The zero-order valence-electron chi connectivity index (χ0n) is 8.60. The molecule has 82 valence electrons. The molecule has 0 N–H and O–H groups in total. The number of rotatable bonds is 1. The van der Waals surface area contributed by atoms with Crippen molar-refractivity contribution in [1.82, 2.24) is 0 Å². The van der Waals surface area contributed by atoms with Crippen LogP contribution in [0.5, 0.6) is 0 Å². The van der Waals surface area contributed by atoms with Crippen molar-refractivity contribution in [2.45, 2.75) is 6.92 Å². The molecule has 0 aromatic heterocycles. The fourth-order valence-corrected chi connectivity index (χ4v) is 2.26. The molecule has 0 saturated heterocycles. The summed E-state index contributed by atoms with van der Waals surface area (Å²) in [6, 6.07) is 10.4. The Morgan fingerprint density at radius 2 is 1.81 bits per heavy atom. The minimum absolute atomic E-state index is 0.297. The van der Waals surface area contributed by atoms with Crippen LogP contribution in [-0.2, 0) is 0 Å². The van der Waals surface area contributed by atoms with Crippen molar-refractivity contribution in [3.63, 3.8) is 0 Å². The van der Waals surface area contributed by atoms with Gasteiger partial charge in [-0.05, 0) is 36.2 Å². The van der Waals surface area contributed by atoms with Crippen molar-refractivity contribution < 1.29 is 4.39 Å². The van der Waals surface area contributed by atoms with Crippen LogP contribution >= 0.6 is 27.5 Å². The molecule has 0 saturated carbocycles. The molecule has 0 heterocycles. The van der Waals surface area contributed by atoms with E-state index in [1.54, 1.807) is 12.1 Å². The summed E-state index contributed by atoms with van der Waals surface area (Å²) in [7, 11) is 0. The maximum Gasteiger partial charge on any atom is 0.132 e. The lowest BCUT2D eigenvalue weighted by molar-refractivity contribution is 0.631. The molecule has 2 rings (SSSR count). The molecule has 0 radical (unpaired) electrons. The molecule has 2 aromatic rings. The first kappa shape index (κ1) is 11.6. The van der Waals surface area contributed by atoms with Crippen molar-refractivity contribution in [3.8, 4) is 11.1 Å². The van der Waals surface area contributed by atoms with Gasteiger partial charge >= 0.3 is 0 Å². The van der Waals surface area contributed by atoms with E-state index in [0.717, 1.165) is 15.6 Å². The Hall–Kier alpha value is -0.860. The monoisotopic (exact) mass is 298 g/mol. The molecule has 0 amide bonds. The normalized spacial score (nSPS) is 10.5. The average molecular weight is 300 g/mol. The van der Waals surface area contributed by atoms with Gasteiger partial charge in [0.1, 0.15) is 5.82 Å². The molecule has 0 aliphatic heterocycles. The molecule has 0 nitrogen and oxygen atoms in total. The summed E-state index contributed by atoms with van der Waals surface area (Å²) in [6.45, 7) is 1.93. The Balaban J connectivity index is 2.73. The summed E-state index contributed by atoms with van der Waals surface area (Å²) in [5, 5.41) is 0.432. The molecular weight excluding hydrogens is 290 g/mol. The quantitative estimate of drug-likeness (QED) is 0.677. The summed E-state index contributed by atoms with van der Waals surface area (Å²) in [5.41, 5.74) is 2.26. The lowest BCUT2D eigenvalue weighted by Gasteiger charge is -2.10. The highest BCUT2D eigenvalue weighted by atomic mass is 79.9. The molecule has 0 fully saturated rings. The predicted octanol–water partition coefficient (Wildman–Crippen LogP) is 5.22. The van der Waals surface area contributed by atoms with E-state index >= 15 is 0 Å². The van der Waals surface area contributed by atoms with Gasteiger partial charge in [0.2, 0.25) is 0 Å². The second kappa shape index (κ2) is 4.56. The van der Waals surface area contributed by atoms with Crippen LogP contribution in [0.2, 0.25) is 5.02 Å². The van der Waals surface area contributed by atoms with Crippen LogP contribution in [0.1, 0.15) is 5.56 Å². The zero-order valence-corrected chi connectivity index (χ0v) is 10.9. The first-order valence-electron chi connectivity index (χ1n) is 4.80. The predicted molar refractivity (Wildman–Crippen MR) is 69.3 cm³/mol. The van der Waals surface area contributed by atoms with Crippen molar-refractivity contribution >= 4 is 27.5 Å². The Kier molecular flexibility index (Phi) is 3.31. The minimum atomic E-state index is -0.297. The van der Waals surface area contributed by atoms with Crippen molar-refractivity contribution in [3.05, 3.63) is 57.3 Å². The number of hydrogen-bond acceptors (Lipinski definition) is 0. The topological polar surface area (TPSA) is 0 Å². The van der Waals surface area contributed by atoms with Gasteiger partial charge < -0.3 is 0 Å². The van der Waals surface area contributed by atoms with Gasteiger partial charge in [-0.3, -0.25) is 0 Å². The smallest absolute Gasteiger partial charge is 0.132 e. The van der Waals surface area contributed by atoms with Crippen LogP contribution in [0.4, 0.5) is 4.39 Å². The van der Waals surface area contributed by atoms with E-state index < -0.39 is 0 Å². The van der Waals surface area contributed by atoms with Crippen LogP contribution in [0, 0.1) is 12.7 Å². The first-order valence-corrected chi connectivity index (χ1v) is 5.98. The van der Waals surface area contributed by atoms with Gasteiger partial charge in [0, 0.05) is 10.0 Å². The van der Waals surface area contributed by atoms with Gasteiger partial charge in [-0.1, -0.05) is 45.7 Å². The lowest BCUT2D eigenvalue weighted by Crippen LogP contribution is -1.89. The van der Waals surface area contributed by atoms with E-state index in [1.165, 1.54) is 6.07 Å². The van der Waals surface area contributed by atoms with Gasteiger partial charge in [-0.15, -0.1) is 0 Å². The van der Waals surface area contributed by atoms with Gasteiger partial charge in [0.05, 0.1) is 5.02 Å². The summed E-state index contributed by atoms with van der Waals surface area (Å²) < 4.78 is 14.7. The second-order valence-corrected chi connectivity index (χ2v) is 4.77. The molecule has 0 aliphatic carbocycles. The van der Waals surface area contributed by atoms with Crippen LogP contribution in [0.15, 0.2) is 40.9 Å². The van der Waals surface area contributed by atoms with E-state index in [0.29, 0.717) is 10.6 Å². The van der Waals surface area contributed by atoms with Crippen LogP contribution in [-0.4, -0.2) is 0 Å². The first-order chi connectivity index (χ1) is 7.61. The van der Waals surface area contributed by atoms with Crippen LogP contribution in [0.3, 0.4) is 0 Å². The van der Waals surface area contributed by atoms with Crippen LogP contribution in [0.25, 0.3) is 11.1 Å². The number of hydrogen-bond donors (Lipinski definition) is 0. The van der Waals surface area contributed by atoms with Crippen molar-refractivity contribution in [2.24, 2.45) is 0 Å². The third-order valence-corrected chi connectivity index (χ3v) is 3.67. The third kappa shape index (κ3) is 2.00. The van der Waals surface area contributed by atoms with Gasteiger partial charge in [0.25, 0.3) is 0 Å². The Bertz CT molecular complexity index is 517. The Labute approximate surface area is 107 Å². The number of halogens is 3. The SMILES string of the molecule is Cc1c(Br)cccc1-c1c(F)cccc1Cl. The van der Waals surface area contributed by atoms with Crippen molar-refractivity contribution in [1.29, 1.82) is 0 Å². The van der Waals surface area contributed by atoms with Gasteiger partial charge in [-0.25, -0.2) is 4.39 Å². The van der Waals surface area contributed by atoms with Gasteiger partial charge in [0.15, 0.2) is 0 Å². The third-order valence-electron chi connectivity index (χ3n) is 2.50. The second-order valence-electron chi connectivity index (χ2n) is 3.51. The molecule has 0 atom stereocenters. The Morgan fingerprint density at radius 3 is 2.50 bits per heavy atom.